The molecule has 0 unspecified atom stereocenters. The second-order valence-electron chi connectivity index (χ2n) is 2.89. The molecule has 1 aliphatic heterocycles. The Kier molecular flexibility index (Phi) is 2.40. The molecule has 1 amide bonds. The van der Waals surface area contributed by atoms with Gasteiger partial charge in [0.15, 0.2) is 5.76 Å². The SMILES string of the molecule is O=C1N=CC=C1OCc1ccccc1. The Balaban J connectivity index is 1.93. The van der Waals surface area contributed by atoms with Crippen molar-refractivity contribution in [3.05, 3.63) is 47.7 Å². The molecule has 0 fully saturated rings. The second-order valence-corrected chi connectivity index (χ2v) is 2.89. The van der Waals surface area contributed by atoms with Crippen LogP contribution in [-0.4, -0.2) is 12.1 Å². The van der Waals surface area contributed by atoms with Gasteiger partial charge < -0.3 is 4.74 Å². The summed E-state index contributed by atoms with van der Waals surface area (Å²) in [6.45, 7) is 0.405. The molecule has 3 nitrogen and oxygen atoms in total. The highest BCUT2D eigenvalue weighted by atomic mass is 16.5. The lowest BCUT2D eigenvalue weighted by Gasteiger charge is -2.04. The summed E-state index contributed by atoms with van der Waals surface area (Å²) in [4.78, 5) is 14.6. The first-order valence-corrected chi connectivity index (χ1v) is 4.31. The molecular formula is C11H9NO2. The van der Waals surface area contributed by atoms with E-state index in [0.717, 1.165) is 5.56 Å². The number of amides is 1. The normalized spacial score (nSPS) is 14.3. The molecule has 1 aromatic rings. The van der Waals surface area contributed by atoms with Crippen molar-refractivity contribution < 1.29 is 9.53 Å². The first-order valence-electron chi connectivity index (χ1n) is 4.31. The van der Waals surface area contributed by atoms with Crippen molar-refractivity contribution >= 4 is 12.1 Å². The smallest absolute Gasteiger partial charge is 0.312 e. The Morgan fingerprint density at radius 2 is 2.00 bits per heavy atom. The predicted molar refractivity (Wildman–Crippen MR) is 52.8 cm³/mol. The zero-order valence-corrected chi connectivity index (χ0v) is 7.51. The molecule has 1 heterocycles. The molecule has 1 aliphatic rings. The van der Waals surface area contributed by atoms with E-state index in [-0.39, 0.29) is 5.91 Å². The molecule has 0 saturated carbocycles. The van der Waals surface area contributed by atoms with Crippen molar-refractivity contribution in [1.82, 2.24) is 0 Å². The average molecular weight is 187 g/mol. The van der Waals surface area contributed by atoms with Crippen molar-refractivity contribution in [1.29, 1.82) is 0 Å². The molecule has 2 rings (SSSR count). The van der Waals surface area contributed by atoms with Crippen LogP contribution in [0.1, 0.15) is 5.56 Å². The van der Waals surface area contributed by atoms with Crippen LogP contribution in [0.3, 0.4) is 0 Å². The largest absolute Gasteiger partial charge is 0.483 e. The fourth-order valence-corrected chi connectivity index (χ4v) is 1.15. The number of nitrogens with zero attached hydrogens (tertiary/aromatic N) is 1. The van der Waals surface area contributed by atoms with Gasteiger partial charge in [-0.05, 0) is 5.56 Å². The molecule has 14 heavy (non-hydrogen) atoms. The second kappa shape index (κ2) is 3.87. The number of benzene rings is 1. The van der Waals surface area contributed by atoms with Gasteiger partial charge in [0, 0.05) is 12.3 Å². The van der Waals surface area contributed by atoms with Crippen LogP contribution in [0.4, 0.5) is 0 Å². The molecular weight excluding hydrogens is 178 g/mol. The molecule has 70 valence electrons. The van der Waals surface area contributed by atoms with E-state index >= 15 is 0 Å². The highest BCUT2D eigenvalue weighted by Crippen LogP contribution is 2.09. The summed E-state index contributed by atoms with van der Waals surface area (Å²) in [6, 6.07) is 9.69. The molecule has 3 heteroatoms. The number of ether oxygens (including phenoxy) is 1. The van der Waals surface area contributed by atoms with Crippen molar-refractivity contribution in [3.63, 3.8) is 0 Å². The van der Waals surface area contributed by atoms with Crippen LogP contribution < -0.4 is 0 Å². The summed E-state index contributed by atoms with van der Waals surface area (Å²) in [5, 5.41) is 0. The minimum absolute atomic E-state index is 0.305. The van der Waals surface area contributed by atoms with Crippen molar-refractivity contribution in [3.8, 4) is 0 Å². The summed E-state index contributed by atoms with van der Waals surface area (Å²) in [6.07, 6.45) is 3.02. The van der Waals surface area contributed by atoms with Crippen LogP contribution >= 0.6 is 0 Å². The number of hydrogen-bond donors (Lipinski definition) is 0. The highest BCUT2D eigenvalue weighted by molar-refractivity contribution is 6.06. The van der Waals surface area contributed by atoms with E-state index in [1.165, 1.54) is 6.21 Å². The van der Waals surface area contributed by atoms with Crippen molar-refractivity contribution in [2.45, 2.75) is 6.61 Å². The zero-order chi connectivity index (χ0) is 9.80. The van der Waals surface area contributed by atoms with Crippen LogP contribution in [0, 0.1) is 0 Å². The van der Waals surface area contributed by atoms with E-state index in [0.29, 0.717) is 12.4 Å². The minimum Gasteiger partial charge on any atom is -0.483 e. The van der Waals surface area contributed by atoms with Gasteiger partial charge in [0.2, 0.25) is 0 Å². The maximum atomic E-state index is 11.0. The van der Waals surface area contributed by atoms with Gasteiger partial charge in [-0.3, -0.25) is 4.79 Å². The maximum Gasteiger partial charge on any atom is 0.312 e. The highest BCUT2D eigenvalue weighted by Gasteiger charge is 2.12. The van der Waals surface area contributed by atoms with E-state index in [4.69, 9.17) is 4.74 Å². The maximum absolute atomic E-state index is 11.0. The van der Waals surface area contributed by atoms with Gasteiger partial charge in [0.1, 0.15) is 6.61 Å². The van der Waals surface area contributed by atoms with Gasteiger partial charge in [-0.2, -0.15) is 0 Å². The Morgan fingerprint density at radius 3 is 2.64 bits per heavy atom. The Hall–Kier alpha value is -1.90. The molecule has 1 aromatic carbocycles. The molecule has 0 N–H and O–H groups in total. The summed E-state index contributed by atoms with van der Waals surface area (Å²) in [7, 11) is 0. The van der Waals surface area contributed by atoms with Gasteiger partial charge in [-0.1, -0.05) is 30.3 Å². The third-order valence-corrected chi connectivity index (χ3v) is 1.87. The average Bonchev–Trinajstić information content (AvgIpc) is 2.63. The zero-order valence-electron chi connectivity index (χ0n) is 7.51. The third kappa shape index (κ3) is 1.88. The predicted octanol–water partition coefficient (Wildman–Crippen LogP) is 1.70. The summed E-state index contributed by atoms with van der Waals surface area (Å²) in [5.74, 6) is 0.00906. The number of carbonyl (C=O) groups excluding carboxylic acids is 1. The van der Waals surface area contributed by atoms with Crippen molar-refractivity contribution in [2.24, 2.45) is 4.99 Å². The number of carbonyl (C=O) groups is 1. The first-order chi connectivity index (χ1) is 6.86. The molecule has 0 radical (unpaired) electrons. The fraction of sp³-hybridized carbons (Fsp3) is 0.0909. The lowest BCUT2D eigenvalue weighted by Crippen LogP contribution is -2.00. The Morgan fingerprint density at radius 1 is 1.21 bits per heavy atom. The van der Waals surface area contributed by atoms with E-state index < -0.39 is 0 Å². The molecule has 0 bridgehead atoms. The standard InChI is InChI=1S/C11H9NO2/c13-11-10(6-7-12-11)14-8-9-4-2-1-3-5-9/h1-7H,8H2. The van der Waals surface area contributed by atoms with E-state index in [9.17, 15) is 4.79 Å². The minimum atomic E-state index is -0.305. The van der Waals surface area contributed by atoms with Crippen LogP contribution in [0.2, 0.25) is 0 Å². The van der Waals surface area contributed by atoms with Gasteiger partial charge in [-0.15, -0.1) is 0 Å². The molecule has 0 aliphatic carbocycles. The van der Waals surface area contributed by atoms with Crippen LogP contribution in [0.15, 0.2) is 47.2 Å². The lowest BCUT2D eigenvalue weighted by atomic mass is 10.2. The lowest BCUT2D eigenvalue weighted by molar-refractivity contribution is -0.117. The number of rotatable bonds is 3. The number of hydrogen-bond acceptors (Lipinski definition) is 2. The topological polar surface area (TPSA) is 38.7 Å². The quantitative estimate of drug-likeness (QED) is 0.722. The van der Waals surface area contributed by atoms with Gasteiger partial charge in [0.25, 0.3) is 0 Å². The van der Waals surface area contributed by atoms with Crippen LogP contribution in [0.25, 0.3) is 0 Å². The fourth-order valence-electron chi connectivity index (χ4n) is 1.15. The molecule has 0 spiro atoms. The molecule has 0 atom stereocenters. The van der Waals surface area contributed by atoms with Crippen molar-refractivity contribution in [2.75, 3.05) is 0 Å². The summed E-state index contributed by atoms with van der Waals surface area (Å²) in [5.41, 5.74) is 1.04. The Bertz CT molecular complexity index is 393. The van der Waals surface area contributed by atoms with Crippen LogP contribution in [0.5, 0.6) is 0 Å². The number of allylic oxidation sites excluding steroid dienone is 1. The van der Waals surface area contributed by atoms with E-state index in [2.05, 4.69) is 4.99 Å². The molecule has 0 aromatic heterocycles. The van der Waals surface area contributed by atoms with Gasteiger partial charge in [-0.25, -0.2) is 4.99 Å². The molecule has 0 saturated heterocycles. The summed E-state index contributed by atoms with van der Waals surface area (Å²) >= 11 is 0. The third-order valence-electron chi connectivity index (χ3n) is 1.87. The van der Waals surface area contributed by atoms with E-state index in [1.54, 1.807) is 6.08 Å². The van der Waals surface area contributed by atoms with Gasteiger partial charge in [0.05, 0.1) is 0 Å². The van der Waals surface area contributed by atoms with Gasteiger partial charge >= 0.3 is 5.91 Å². The van der Waals surface area contributed by atoms with Crippen LogP contribution in [-0.2, 0) is 16.1 Å². The number of aliphatic imine (C=N–C) groups is 1. The van der Waals surface area contributed by atoms with E-state index in [1.807, 2.05) is 30.3 Å². The Labute approximate surface area is 81.7 Å². The monoisotopic (exact) mass is 187 g/mol. The summed E-state index contributed by atoms with van der Waals surface area (Å²) < 4.78 is 5.29. The first kappa shape index (κ1) is 8.69.